The van der Waals surface area contributed by atoms with Crippen LogP contribution in [0.3, 0.4) is 0 Å². The number of allylic oxidation sites excluding steroid dienone is 1. The van der Waals surface area contributed by atoms with E-state index in [4.69, 9.17) is 0 Å². The molecule has 0 heterocycles. The highest BCUT2D eigenvalue weighted by atomic mass is 16.3. The Balaban J connectivity index is 1.49. The second-order valence-corrected chi connectivity index (χ2v) is 12.7. The normalized spacial score (nSPS) is 46.5. The van der Waals surface area contributed by atoms with Gasteiger partial charge in [-0.05, 0) is 104 Å². The molecule has 0 radical (unpaired) electrons. The maximum absolute atomic E-state index is 10.2. The molecule has 0 aliphatic heterocycles. The smallest absolute Gasteiger partial charge is 0.0577 e. The Kier molecular flexibility index (Phi) is 6.04. The van der Waals surface area contributed by atoms with Crippen LogP contribution < -0.4 is 0 Å². The van der Waals surface area contributed by atoms with Gasteiger partial charge in [0.05, 0.1) is 6.10 Å². The van der Waals surface area contributed by atoms with E-state index in [0.29, 0.717) is 10.8 Å². The molecule has 0 amide bonds. The zero-order valence-electron chi connectivity index (χ0n) is 20.2. The van der Waals surface area contributed by atoms with Gasteiger partial charge in [-0.3, -0.25) is 0 Å². The van der Waals surface area contributed by atoms with Crippen LogP contribution in [-0.2, 0) is 0 Å². The minimum atomic E-state index is -0.0790. The molecule has 4 aliphatic rings. The Morgan fingerprint density at radius 1 is 0.966 bits per heavy atom. The zero-order chi connectivity index (χ0) is 21.0. The van der Waals surface area contributed by atoms with Crippen LogP contribution in [0.4, 0.5) is 0 Å². The summed E-state index contributed by atoms with van der Waals surface area (Å²) in [4.78, 5) is 0. The van der Waals surface area contributed by atoms with E-state index in [2.05, 4.69) is 47.6 Å². The Morgan fingerprint density at radius 3 is 2.45 bits per heavy atom. The van der Waals surface area contributed by atoms with Crippen molar-refractivity contribution in [2.75, 3.05) is 0 Å². The summed E-state index contributed by atoms with van der Waals surface area (Å²) >= 11 is 0. The number of aliphatic hydroxyl groups excluding tert-OH is 1. The van der Waals surface area contributed by atoms with Gasteiger partial charge in [0.15, 0.2) is 0 Å². The Bertz CT molecular complexity index is 620. The molecule has 1 nitrogen and oxygen atoms in total. The van der Waals surface area contributed by atoms with E-state index in [1.54, 1.807) is 5.57 Å². The Morgan fingerprint density at radius 2 is 1.72 bits per heavy atom. The van der Waals surface area contributed by atoms with Crippen molar-refractivity contribution in [3.8, 4) is 0 Å². The first-order valence-electron chi connectivity index (χ1n) is 13.0. The molecule has 4 rings (SSSR count). The fraction of sp³-hybridized carbons (Fsp3) is 0.929. The standard InChI is InChI=1S/C28H48O/c1-18(2)19(3)7-8-20(4)24-11-12-25-23-10-9-21-17-22(29)13-15-27(21,5)26(23)14-16-28(24,25)6/h9,18-20,22-26,29H,7-8,10-17H2,1-6H3/t19-,20+,22-,23-,24+,25-,26-,27-,28+/m1/s1. The topological polar surface area (TPSA) is 20.2 Å². The molecular formula is C28H48O. The van der Waals surface area contributed by atoms with Crippen LogP contribution >= 0.6 is 0 Å². The average Bonchev–Trinajstić information content (AvgIpc) is 3.03. The van der Waals surface area contributed by atoms with Crippen LogP contribution in [0.25, 0.3) is 0 Å². The molecule has 0 saturated heterocycles. The summed E-state index contributed by atoms with van der Waals surface area (Å²) in [5.74, 6) is 6.24. The van der Waals surface area contributed by atoms with Gasteiger partial charge in [-0.15, -0.1) is 0 Å². The molecule has 3 fully saturated rings. The maximum Gasteiger partial charge on any atom is 0.0577 e. The van der Waals surface area contributed by atoms with Crippen molar-refractivity contribution in [2.45, 2.75) is 112 Å². The van der Waals surface area contributed by atoms with E-state index in [0.717, 1.165) is 54.3 Å². The largest absolute Gasteiger partial charge is 0.393 e. The second kappa shape index (κ2) is 7.99. The molecule has 0 unspecified atom stereocenters. The van der Waals surface area contributed by atoms with Crippen molar-refractivity contribution in [1.29, 1.82) is 0 Å². The molecule has 3 saturated carbocycles. The van der Waals surface area contributed by atoms with Crippen LogP contribution in [0.1, 0.15) is 106 Å². The van der Waals surface area contributed by atoms with E-state index in [1.807, 2.05) is 0 Å². The summed E-state index contributed by atoms with van der Waals surface area (Å²) in [6, 6.07) is 0. The van der Waals surface area contributed by atoms with Gasteiger partial charge in [0.1, 0.15) is 0 Å². The lowest BCUT2D eigenvalue weighted by molar-refractivity contribution is -0.0574. The number of rotatable bonds is 5. The fourth-order valence-electron chi connectivity index (χ4n) is 8.68. The monoisotopic (exact) mass is 400 g/mol. The SMILES string of the molecule is CC(C)[C@H](C)CC[C@H](C)[C@@H]1CC[C@@H]2[C@H]3CC=C4C[C@H](O)CC[C@@]4(C)[C@@H]3CC[C@]21C. The fourth-order valence-corrected chi connectivity index (χ4v) is 8.68. The predicted octanol–water partition coefficient (Wildman–Crippen LogP) is 7.63. The summed E-state index contributed by atoms with van der Waals surface area (Å²) in [5, 5.41) is 10.2. The van der Waals surface area contributed by atoms with Gasteiger partial charge in [-0.25, -0.2) is 0 Å². The molecule has 0 aromatic carbocycles. The third-order valence-corrected chi connectivity index (χ3v) is 11.1. The van der Waals surface area contributed by atoms with Crippen LogP contribution in [0.5, 0.6) is 0 Å². The first-order chi connectivity index (χ1) is 13.7. The average molecular weight is 401 g/mol. The van der Waals surface area contributed by atoms with Gasteiger partial charge >= 0.3 is 0 Å². The lowest BCUT2D eigenvalue weighted by Gasteiger charge is -2.58. The number of aliphatic hydroxyl groups is 1. The van der Waals surface area contributed by atoms with E-state index in [-0.39, 0.29) is 6.10 Å². The lowest BCUT2D eigenvalue weighted by Crippen LogP contribution is -2.50. The van der Waals surface area contributed by atoms with Gasteiger partial charge in [-0.2, -0.15) is 0 Å². The van der Waals surface area contributed by atoms with Gasteiger partial charge < -0.3 is 5.11 Å². The van der Waals surface area contributed by atoms with Gasteiger partial charge in [-0.1, -0.05) is 66.0 Å². The van der Waals surface area contributed by atoms with Crippen LogP contribution in [0, 0.1) is 52.3 Å². The third-order valence-electron chi connectivity index (χ3n) is 11.1. The van der Waals surface area contributed by atoms with Crippen LogP contribution in [0.2, 0.25) is 0 Å². The zero-order valence-corrected chi connectivity index (χ0v) is 20.2. The second-order valence-electron chi connectivity index (χ2n) is 12.7. The van der Waals surface area contributed by atoms with Crippen molar-refractivity contribution in [1.82, 2.24) is 0 Å². The highest BCUT2D eigenvalue weighted by Crippen LogP contribution is 2.67. The summed E-state index contributed by atoms with van der Waals surface area (Å²) in [5.41, 5.74) is 2.59. The molecule has 0 spiro atoms. The van der Waals surface area contributed by atoms with Crippen molar-refractivity contribution in [2.24, 2.45) is 52.3 Å². The molecule has 1 N–H and O–H groups in total. The molecule has 166 valence electrons. The minimum absolute atomic E-state index is 0.0790. The van der Waals surface area contributed by atoms with E-state index in [1.165, 1.54) is 51.4 Å². The third kappa shape index (κ3) is 3.66. The molecule has 29 heavy (non-hydrogen) atoms. The lowest BCUT2D eigenvalue weighted by atomic mass is 9.47. The first-order valence-corrected chi connectivity index (χ1v) is 13.0. The minimum Gasteiger partial charge on any atom is -0.393 e. The summed E-state index contributed by atoms with van der Waals surface area (Å²) < 4.78 is 0. The van der Waals surface area contributed by atoms with Crippen LogP contribution in [-0.4, -0.2) is 11.2 Å². The quantitative estimate of drug-likeness (QED) is 0.470. The van der Waals surface area contributed by atoms with E-state index in [9.17, 15) is 5.11 Å². The number of hydrogen-bond donors (Lipinski definition) is 1. The van der Waals surface area contributed by atoms with Crippen molar-refractivity contribution < 1.29 is 5.11 Å². The Labute approximate surface area is 181 Å². The molecule has 0 aromatic heterocycles. The van der Waals surface area contributed by atoms with Gasteiger partial charge in [0, 0.05) is 0 Å². The van der Waals surface area contributed by atoms with Crippen molar-refractivity contribution in [3.63, 3.8) is 0 Å². The molecular weight excluding hydrogens is 352 g/mol. The maximum atomic E-state index is 10.2. The van der Waals surface area contributed by atoms with Gasteiger partial charge in [0.2, 0.25) is 0 Å². The summed E-state index contributed by atoms with van der Waals surface area (Å²) in [7, 11) is 0. The highest BCUT2D eigenvalue weighted by Gasteiger charge is 2.59. The highest BCUT2D eigenvalue weighted by molar-refractivity contribution is 5.25. The summed E-state index contributed by atoms with van der Waals surface area (Å²) in [6.45, 7) is 15.1. The first kappa shape index (κ1) is 21.9. The molecule has 0 bridgehead atoms. The molecule has 0 aromatic rings. The number of hydrogen-bond acceptors (Lipinski definition) is 1. The number of fused-ring (bicyclic) bond motifs is 5. The molecule has 4 aliphatic carbocycles. The van der Waals surface area contributed by atoms with Crippen LogP contribution in [0.15, 0.2) is 11.6 Å². The Hall–Kier alpha value is -0.300. The summed E-state index contributed by atoms with van der Waals surface area (Å²) in [6.07, 6.45) is 15.7. The predicted molar refractivity (Wildman–Crippen MR) is 124 cm³/mol. The molecule has 9 atom stereocenters. The molecule has 1 heteroatoms. The van der Waals surface area contributed by atoms with E-state index < -0.39 is 0 Å². The van der Waals surface area contributed by atoms with Crippen molar-refractivity contribution in [3.05, 3.63) is 11.6 Å². The van der Waals surface area contributed by atoms with Gasteiger partial charge in [0.25, 0.3) is 0 Å². The van der Waals surface area contributed by atoms with E-state index >= 15 is 0 Å². The van der Waals surface area contributed by atoms with Crippen molar-refractivity contribution >= 4 is 0 Å².